The average molecular weight is 309 g/mol. The van der Waals surface area contributed by atoms with E-state index in [1.165, 1.54) is 0 Å². The smallest absolute Gasteiger partial charge is 0.252 e. The number of fused-ring (bicyclic) bond motifs is 1. The first-order valence-corrected chi connectivity index (χ1v) is 7.52. The summed E-state index contributed by atoms with van der Waals surface area (Å²) in [6.07, 6.45) is 4.47. The molecule has 0 fully saturated rings. The van der Waals surface area contributed by atoms with Gasteiger partial charge in [-0.1, -0.05) is 12.1 Å². The van der Waals surface area contributed by atoms with E-state index in [1.54, 1.807) is 19.4 Å². The molecule has 0 unspecified atom stereocenters. The van der Waals surface area contributed by atoms with E-state index < -0.39 is 0 Å². The number of rotatable bonds is 5. The number of amides is 1. The van der Waals surface area contributed by atoms with Crippen LogP contribution in [-0.2, 0) is 6.42 Å². The second-order valence-electron chi connectivity index (χ2n) is 5.42. The fraction of sp³-hybridized carbons (Fsp3) is 0.222. The van der Waals surface area contributed by atoms with E-state index in [0.29, 0.717) is 12.1 Å². The number of nitrogens with one attached hydrogen (secondary N) is 1. The summed E-state index contributed by atoms with van der Waals surface area (Å²) < 4.78 is 7.07. The number of nitrogens with zero attached hydrogens (tertiary/aromatic N) is 2. The maximum absolute atomic E-state index is 12.2. The largest absolute Gasteiger partial charge is 0.497 e. The zero-order valence-electron chi connectivity index (χ0n) is 13.2. The van der Waals surface area contributed by atoms with E-state index in [-0.39, 0.29) is 5.91 Å². The van der Waals surface area contributed by atoms with Crippen LogP contribution in [0.2, 0.25) is 0 Å². The zero-order chi connectivity index (χ0) is 16.2. The molecule has 1 amide bonds. The molecule has 23 heavy (non-hydrogen) atoms. The van der Waals surface area contributed by atoms with Gasteiger partial charge in [0.05, 0.1) is 18.4 Å². The van der Waals surface area contributed by atoms with E-state index in [4.69, 9.17) is 4.74 Å². The van der Waals surface area contributed by atoms with Crippen molar-refractivity contribution in [1.82, 2.24) is 14.7 Å². The molecular weight excluding hydrogens is 290 g/mol. The van der Waals surface area contributed by atoms with Crippen LogP contribution >= 0.6 is 0 Å². The van der Waals surface area contributed by atoms with E-state index >= 15 is 0 Å². The molecule has 0 spiro atoms. The highest BCUT2D eigenvalue weighted by atomic mass is 16.5. The topological polar surface area (TPSA) is 55.6 Å². The Morgan fingerprint density at radius 1 is 1.26 bits per heavy atom. The van der Waals surface area contributed by atoms with Crippen molar-refractivity contribution in [2.75, 3.05) is 13.7 Å². The first-order valence-electron chi connectivity index (χ1n) is 7.52. The van der Waals surface area contributed by atoms with Gasteiger partial charge in [-0.05, 0) is 43.2 Å². The van der Waals surface area contributed by atoms with Crippen molar-refractivity contribution >= 4 is 11.6 Å². The Morgan fingerprint density at radius 3 is 2.96 bits per heavy atom. The van der Waals surface area contributed by atoms with Gasteiger partial charge in [-0.25, -0.2) is 4.98 Å². The molecule has 5 nitrogen and oxygen atoms in total. The SMILES string of the molecule is COc1cccc(CCNC(=O)c2ccc3nc(C)cn3c2)c1. The van der Waals surface area contributed by atoms with Crippen molar-refractivity contribution in [2.45, 2.75) is 13.3 Å². The lowest BCUT2D eigenvalue weighted by atomic mass is 10.1. The summed E-state index contributed by atoms with van der Waals surface area (Å²) in [6.45, 7) is 2.51. The van der Waals surface area contributed by atoms with Gasteiger partial charge >= 0.3 is 0 Å². The summed E-state index contributed by atoms with van der Waals surface area (Å²) >= 11 is 0. The fourth-order valence-corrected chi connectivity index (χ4v) is 2.50. The Morgan fingerprint density at radius 2 is 2.13 bits per heavy atom. The van der Waals surface area contributed by atoms with Crippen LogP contribution in [0.15, 0.2) is 48.8 Å². The molecule has 118 valence electrons. The number of carbonyl (C=O) groups excluding carboxylic acids is 1. The maximum atomic E-state index is 12.2. The second-order valence-corrected chi connectivity index (χ2v) is 5.42. The molecule has 0 radical (unpaired) electrons. The van der Waals surface area contributed by atoms with Gasteiger partial charge in [0.25, 0.3) is 5.91 Å². The number of methoxy groups -OCH3 is 1. The van der Waals surface area contributed by atoms with E-state index in [1.807, 2.05) is 47.9 Å². The van der Waals surface area contributed by atoms with Crippen molar-refractivity contribution in [2.24, 2.45) is 0 Å². The zero-order valence-corrected chi connectivity index (χ0v) is 13.2. The minimum atomic E-state index is -0.0823. The quantitative estimate of drug-likeness (QED) is 0.788. The highest BCUT2D eigenvalue weighted by molar-refractivity contribution is 5.94. The van der Waals surface area contributed by atoms with Gasteiger partial charge in [-0.2, -0.15) is 0 Å². The number of imidazole rings is 1. The van der Waals surface area contributed by atoms with Crippen molar-refractivity contribution in [1.29, 1.82) is 0 Å². The van der Waals surface area contributed by atoms with Crippen LogP contribution in [0.5, 0.6) is 5.75 Å². The molecule has 0 bridgehead atoms. The summed E-state index contributed by atoms with van der Waals surface area (Å²) in [5.74, 6) is 0.746. The monoisotopic (exact) mass is 309 g/mol. The number of benzene rings is 1. The van der Waals surface area contributed by atoms with Gasteiger partial charge in [0.1, 0.15) is 11.4 Å². The highest BCUT2D eigenvalue weighted by Gasteiger charge is 2.07. The van der Waals surface area contributed by atoms with Gasteiger partial charge in [0, 0.05) is 18.9 Å². The molecule has 0 saturated heterocycles. The standard InChI is InChI=1S/C18H19N3O2/c1-13-11-21-12-15(6-7-17(21)20-13)18(22)19-9-8-14-4-3-5-16(10-14)23-2/h3-7,10-12H,8-9H2,1-2H3,(H,19,22). The Bertz CT molecular complexity index is 839. The molecular formula is C18H19N3O2. The van der Waals surface area contributed by atoms with Gasteiger partial charge in [0.2, 0.25) is 0 Å². The molecule has 0 aliphatic heterocycles. The third-order valence-corrected chi connectivity index (χ3v) is 3.67. The van der Waals surface area contributed by atoms with E-state index in [0.717, 1.165) is 29.1 Å². The Labute approximate surface area is 134 Å². The Hall–Kier alpha value is -2.82. The van der Waals surface area contributed by atoms with Crippen molar-refractivity contribution in [3.63, 3.8) is 0 Å². The molecule has 3 aromatic rings. The minimum absolute atomic E-state index is 0.0823. The number of carbonyl (C=O) groups is 1. The molecule has 0 saturated carbocycles. The van der Waals surface area contributed by atoms with Crippen LogP contribution < -0.4 is 10.1 Å². The van der Waals surface area contributed by atoms with Crippen LogP contribution in [0, 0.1) is 6.92 Å². The molecule has 1 N–H and O–H groups in total. The molecule has 1 aromatic carbocycles. The molecule has 2 aromatic heterocycles. The first-order chi connectivity index (χ1) is 11.2. The summed E-state index contributed by atoms with van der Waals surface area (Å²) in [4.78, 5) is 16.6. The summed E-state index contributed by atoms with van der Waals surface area (Å²) in [7, 11) is 1.65. The third-order valence-electron chi connectivity index (χ3n) is 3.67. The Kier molecular flexibility index (Phi) is 4.28. The normalized spacial score (nSPS) is 10.7. The van der Waals surface area contributed by atoms with Crippen molar-refractivity contribution in [3.05, 3.63) is 65.6 Å². The summed E-state index contributed by atoms with van der Waals surface area (Å²) in [6, 6.07) is 11.5. The van der Waals surface area contributed by atoms with Crippen LogP contribution in [0.1, 0.15) is 21.6 Å². The van der Waals surface area contributed by atoms with E-state index in [2.05, 4.69) is 10.3 Å². The van der Waals surface area contributed by atoms with Crippen molar-refractivity contribution < 1.29 is 9.53 Å². The number of hydrogen-bond acceptors (Lipinski definition) is 3. The van der Waals surface area contributed by atoms with Crippen LogP contribution in [0.25, 0.3) is 5.65 Å². The van der Waals surface area contributed by atoms with Crippen molar-refractivity contribution in [3.8, 4) is 5.75 Å². The lowest BCUT2D eigenvalue weighted by molar-refractivity contribution is 0.0953. The number of pyridine rings is 1. The van der Waals surface area contributed by atoms with Crippen LogP contribution in [0.4, 0.5) is 0 Å². The minimum Gasteiger partial charge on any atom is -0.497 e. The average Bonchev–Trinajstić information content (AvgIpc) is 2.94. The van der Waals surface area contributed by atoms with Gasteiger partial charge in [-0.3, -0.25) is 4.79 Å². The van der Waals surface area contributed by atoms with Gasteiger partial charge in [0.15, 0.2) is 0 Å². The van der Waals surface area contributed by atoms with Gasteiger partial charge in [-0.15, -0.1) is 0 Å². The maximum Gasteiger partial charge on any atom is 0.252 e. The number of ether oxygens (including phenoxy) is 1. The number of aromatic nitrogens is 2. The number of hydrogen-bond donors (Lipinski definition) is 1. The third kappa shape index (κ3) is 3.51. The molecule has 0 aliphatic carbocycles. The number of aryl methyl sites for hydroxylation is 1. The second kappa shape index (κ2) is 6.52. The van der Waals surface area contributed by atoms with Crippen LogP contribution in [0.3, 0.4) is 0 Å². The van der Waals surface area contributed by atoms with Crippen LogP contribution in [-0.4, -0.2) is 28.9 Å². The predicted octanol–water partition coefficient (Wildman–Crippen LogP) is 2.62. The molecule has 0 aliphatic rings. The highest BCUT2D eigenvalue weighted by Crippen LogP contribution is 2.12. The predicted molar refractivity (Wildman–Crippen MR) is 89.0 cm³/mol. The molecule has 2 heterocycles. The fourth-order valence-electron chi connectivity index (χ4n) is 2.50. The van der Waals surface area contributed by atoms with Gasteiger partial charge < -0.3 is 14.5 Å². The lowest BCUT2D eigenvalue weighted by Gasteiger charge is -2.07. The summed E-state index contributed by atoms with van der Waals surface area (Å²) in [5.41, 5.74) is 3.53. The molecule has 5 heteroatoms. The molecule has 0 atom stereocenters. The summed E-state index contributed by atoms with van der Waals surface area (Å²) in [5, 5.41) is 2.94. The van der Waals surface area contributed by atoms with E-state index in [9.17, 15) is 4.79 Å². The molecule has 3 rings (SSSR count). The Balaban J connectivity index is 1.61. The lowest BCUT2D eigenvalue weighted by Crippen LogP contribution is -2.25. The first kappa shape index (κ1) is 15.1.